The van der Waals surface area contributed by atoms with Crippen LogP contribution in [0.3, 0.4) is 0 Å². The summed E-state index contributed by atoms with van der Waals surface area (Å²) in [5, 5.41) is 16.7. The highest BCUT2D eigenvalue weighted by molar-refractivity contribution is 6.13. The van der Waals surface area contributed by atoms with Crippen molar-refractivity contribution in [3.05, 3.63) is 76.3 Å². The number of aryl methyl sites for hydroxylation is 1. The lowest BCUT2D eigenvalue weighted by Crippen LogP contribution is -2.28. The maximum atomic E-state index is 12.6. The Morgan fingerprint density at radius 3 is 2.52 bits per heavy atom. The number of H-pyrrole nitrogens is 1. The van der Waals surface area contributed by atoms with Crippen molar-refractivity contribution >= 4 is 39.2 Å². The largest absolute Gasteiger partial charge is 0.382 e. The van der Waals surface area contributed by atoms with E-state index in [1.165, 1.54) is 11.9 Å². The van der Waals surface area contributed by atoms with Crippen molar-refractivity contribution in [2.24, 2.45) is 0 Å². The first-order valence-electron chi connectivity index (χ1n) is 15.1. The highest BCUT2D eigenvalue weighted by atomic mass is 16.6. The van der Waals surface area contributed by atoms with Crippen molar-refractivity contribution in [2.75, 3.05) is 32.7 Å². The first kappa shape index (κ1) is 34.2. The Bertz CT molecular complexity index is 1720. The van der Waals surface area contributed by atoms with Crippen LogP contribution >= 0.6 is 0 Å². The molecule has 1 fully saturated rings. The van der Waals surface area contributed by atoms with Crippen LogP contribution in [0.5, 0.6) is 0 Å². The van der Waals surface area contributed by atoms with Crippen LogP contribution in [-0.2, 0) is 25.4 Å². The lowest BCUT2D eigenvalue weighted by molar-refractivity contribution is -0.121. The van der Waals surface area contributed by atoms with E-state index in [0.29, 0.717) is 32.4 Å². The van der Waals surface area contributed by atoms with Gasteiger partial charge in [0.15, 0.2) is 0 Å². The minimum atomic E-state index is -0.484. The minimum Gasteiger partial charge on any atom is -0.382 e. The number of rotatable bonds is 13. The van der Waals surface area contributed by atoms with Crippen molar-refractivity contribution in [1.82, 2.24) is 20.3 Å². The molecular formula is C35H42N6O5. The van der Waals surface area contributed by atoms with Gasteiger partial charge in [0.25, 0.3) is 5.56 Å². The summed E-state index contributed by atoms with van der Waals surface area (Å²) in [5.41, 5.74) is 2.60. The predicted molar refractivity (Wildman–Crippen MR) is 180 cm³/mol. The van der Waals surface area contributed by atoms with E-state index in [-0.39, 0.29) is 42.6 Å². The number of ether oxygens (including phenoxy) is 3. The molecule has 1 amide bonds. The zero-order chi connectivity index (χ0) is 31.6. The number of nitrogens with one attached hydrogen (secondary N) is 4. The van der Waals surface area contributed by atoms with Crippen molar-refractivity contribution < 1.29 is 19.0 Å². The van der Waals surface area contributed by atoms with Gasteiger partial charge in [0.2, 0.25) is 5.91 Å². The number of carbonyl (C=O) groups is 1. The summed E-state index contributed by atoms with van der Waals surface area (Å²) >= 11 is 0. The Morgan fingerprint density at radius 2 is 1.83 bits per heavy atom. The number of nitrogens with zero attached hydrogens (tertiary/aromatic N) is 2. The number of benzene rings is 2. The molecule has 0 bridgehead atoms. The second-order valence-corrected chi connectivity index (χ2v) is 10.8. The summed E-state index contributed by atoms with van der Waals surface area (Å²) in [7, 11) is 3.20. The second kappa shape index (κ2) is 16.6. The Kier molecular flexibility index (Phi) is 12.4. The Morgan fingerprint density at radius 1 is 1.11 bits per heavy atom. The quantitative estimate of drug-likeness (QED) is 0.0729. The summed E-state index contributed by atoms with van der Waals surface area (Å²) in [6, 6.07) is 16.4. The number of unbranched alkanes of at least 4 members (excludes halogenated alkanes) is 1. The van der Waals surface area contributed by atoms with Gasteiger partial charge >= 0.3 is 0 Å². The Balaban J connectivity index is 0.00000480. The van der Waals surface area contributed by atoms with Crippen LogP contribution in [0.4, 0.5) is 5.82 Å². The maximum Gasteiger partial charge on any atom is 0.262 e. The second-order valence-electron chi connectivity index (χ2n) is 10.8. The highest BCUT2D eigenvalue weighted by Gasteiger charge is 2.36. The molecule has 11 nitrogen and oxygen atoms in total. The normalized spacial score (nSPS) is 17.2. The molecule has 1 aliphatic rings. The van der Waals surface area contributed by atoms with Crippen LogP contribution in [0.25, 0.3) is 21.8 Å². The third-order valence-electron chi connectivity index (χ3n) is 7.80. The molecule has 5 rings (SSSR count). The first-order valence-corrected chi connectivity index (χ1v) is 15.1. The van der Waals surface area contributed by atoms with Crippen molar-refractivity contribution in [2.45, 2.75) is 64.4 Å². The number of hydrogen-bond donors (Lipinski definition) is 4. The molecular weight excluding hydrogens is 584 g/mol. The highest BCUT2D eigenvalue weighted by Crippen LogP contribution is 2.28. The lowest BCUT2D eigenvalue weighted by Gasteiger charge is -2.16. The van der Waals surface area contributed by atoms with Gasteiger partial charge in [-0.1, -0.05) is 49.7 Å². The van der Waals surface area contributed by atoms with Gasteiger partial charge in [-0.15, -0.1) is 0 Å². The van der Waals surface area contributed by atoms with E-state index >= 15 is 0 Å². The Labute approximate surface area is 269 Å². The molecule has 2 aromatic heterocycles. The van der Waals surface area contributed by atoms with E-state index in [9.17, 15) is 9.59 Å². The van der Waals surface area contributed by atoms with Crippen LogP contribution in [0.15, 0.2) is 59.7 Å². The number of methoxy groups -OCH3 is 2. The summed E-state index contributed by atoms with van der Waals surface area (Å²) in [6.07, 6.45) is 4.13. The standard InChI is InChI=1S/C34H38N6O5.CH4/c1-43-20-29-28(44-2)19-31(45-29)40-33-32(34(42)38-21-37-33)25(35)14-9-10-18-36-30(41)17-8-5-11-22-23-12-3-6-15-26(23)39-27-16-7-4-13-24(22)27;/h3-4,6-7,12-13,15-16,21,28-29,31,35H,5,8,10-11,17-20H2,1-2H3,(H,36,41)(H2,37,38,40,42);1H4/t28?,29-,31-;/m1./s1. The molecule has 11 heteroatoms. The number of anilines is 1. The number of aromatic amines is 1. The van der Waals surface area contributed by atoms with Crippen LogP contribution < -0.4 is 16.2 Å². The number of hydrogen-bond acceptors (Lipinski definition) is 9. The van der Waals surface area contributed by atoms with Crippen LogP contribution in [0, 0.1) is 17.3 Å². The smallest absolute Gasteiger partial charge is 0.262 e. The fourth-order valence-electron chi connectivity index (χ4n) is 5.61. The molecule has 3 heterocycles. The molecule has 3 atom stereocenters. The average molecular weight is 627 g/mol. The molecule has 1 unspecified atom stereocenters. The third-order valence-corrected chi connectivity index (χ3v) is 7.80. The molecule has 0 spiro atoms. The van der Waals surface area contributed by atoms with E-state index in [0.717, 1.165) is 41.1 Å². The van der Waals surface area contributed by atoms with Gasteiger partial charge in [0.1, 0.15) is 29.4 Å². The molecule has 46 heavy (non-hydrogen) atoms. The molecule has 4 N–H and O–H groups in total. The predicted octanol–water partition coefficient (Wildman–Crippen LogP) is 4.59. The third kappa shape index (κ3) is 8.34. The molecule has 0 saturated carbocycles. The lowest BCUT2D eigenvalue weighted by atomic mass is 9.97. The summed E-state index contributed by atoms with van der Waals surface area (Å²) in [5.74, 6) is 5.77. The summed E-state index contributed by atoms with van der Waals surface area (Å²) in [6.45, 7) is 0.715. The number of amides is 1. The molecule has 242 valence electrons. The number of pyridine rings is 1. The van der Waals surface area contributed by atoms with Crippen molar-refractivity contribution in [1.29, 1.82) is 5.41 Å². The van der Waals surface area contributed by atoms with Gasteiger partial charge in [-0.25, -0.2) is 9.97 Å². The molecule has 0 radical (unpaired) electrons. The van der Waals surface area contributed by atoms with Gasteiger partial charge in [-0.3, -0.25) is 15.0 Å². The van der Waals surface area contributed by atoms with Crippen LogP contribution in [0.2, 0.25) is 0 Å². The topological polar surface area (TPSA) is 151 Å². The van der Waals surface area contributed by atoms with Crippen LogP contribution in [-0.4, -0.2) is 72.4 Å². The van der Waals surface area contributed by atoms with Crippen molar-refractivity contribution in [3.63, 3.8) is 0 Å². The zero-order valence-corrected chi connectivity index (χ0v) is 25.5. The zero-order valence-electron chi connectivity index (χ0n) is 25.5. The number of carbonyl (C=O) groups excluding carboxylic acids is 1. The SMILES string of the molecule is C.COC[C@H]1O[C@@H](Nc2nc[nH]c(=O)c2C(=N)C#CCCNC(=O)CCCCc2c3ccccc3nc3ccccc23)CC1OC. The van der Waals surface area contributed by atoms with E-state index in [4.69, 9.17) is 24.6 Å². The molecule has 1 saturated heterocycles. The monoisotopic (exact) mass is 626 g/mol. The molecule has 1 aliphatic heterocycles. The molecule has 2 aromatic carbocycles. The van der Waals surface area contributed by atoms with Crippen LogP contribution in [0.1, 0.15) is 50.7 Å². The van der Waals surface area contributed by atoms with Gasteiger partial charge in [0.05, 0.1) is 30.1 Å². The fraction of sp³-hybridized carbons (Fsp3) is 0.400. The van der Waals surface area contributed by atoms with E-state index in [1.54, 1.807) is 14.2 Å². The van der Waals surface area contributed by atoms with Gasteiger partial charge in [-0.05, 0) is 42.9 Å². The fourth-order valence-corrected chi connectivity index (χ4v) is 5.61. The minimum absolute atomic E-state index is 0. The summed E-state index contributed by atoms with van der Waals surface area (Å²) < 4.78 is 16.6. The Hall–Kier alpha value is -4.63. The molecule has 4 aromatic rings. The van der Waals surface area contributed by atoms with Gasteiger partial charge in [0, 0.05) is 50.8 Å². The molecule has 0 aliphatic carbocycles. The van der Waals surface area contributed by atoms with E-state index in [2.05, 4.69) is 44.6 Å². The number of fused-ring (bicyclic) bond motifs is 2. The van der Waals surface area contributed by atoms with E-state index in [1.807, 2.05) is 36.4 Å². The number of para-hydroxylation sites is 2. The summed E-state index contributed by atoms with van der Waals surface area (Å²) in [4.78, 5) is 36.5. The maximum absolute atomic E-state index is 12.6. The average Bonchev–Trinajstić information content (AvgIpc) is 3.43. The van der Waals surface area contributed by atoms with E-state index < -0.39 is 11.8 Å². The van der Waals surface area contributed by atoms with Crippen molar-refractivity contribution in [3.8, 4) is 11.8 Å². The van der Waals surface area contributed by atoms with Gasteiger partial charge in [-0.2, -0.15) is 0 Å². The van der Waals surface area contributed by atoms with Gasteiger partial charge < -0.3 is 29.8 Å². The number of aromatic nitrogens is 3. The first-order chi connectivity index (χ1) is 22.0.